The van der Waals surface area contributed by atoms with Crippen molar-refractivity contribution >= 4 is 58.8 Å². The van der Waals surface area contributed by atoms with E-state index in [1.54, 1.807) is 48.8 Å². The molecule has 0 bridgehead atoms. The lowest BCUT2D eigenvalue weighted by molar-refractivity contribution is 0.128. The van der Waals surface area contributed by atoms with E-state index in [0.717, 1.165) is 22.3 Å². The van der Waals surface area contributed by atoms with Crippen molar-refractivity contribution in [3.63, 3.8) is 0 Å². The molecule has 0 unspecified atom stereocenters. The van der Waals surface area contributed by atoms with E-state index in [-0.39, 0.29) is 0 Å². The Kier molecular flexibility index (Phi) is 8.40. The summed E-state index contributed by atoms with van der Waals surface area (Å²) in [6.45, 7) is 0.635. The SMILES string of the molecule is Clc1ccc(/C=N/OCc2cccc(CO/N=C/c3ccc(Cl)c(Cl)c3)c2)cc1Cl. The molecule has 3 rings (SSSR count). The average Bonchev–Trinajstić information content (AvgIpc) is 2.74. The fourth-order valence-electron chi connectivity index (χ4n) is 2.41. The van der Waals surface area contributed by atoms with Crippen molar-refractivity contribution in [3.8, 4) is 0 Å². The summed E-state index contributed by atoms with van der Waals surface area (Å²) >= 11 is 23.7. The standard InChI is InChI=1S/C22H16Cl4N2O2/c23-19-6-4-15(9-21(19)25)11-27-29-13-17-2-1-3-18(8-17)14-30-28-12-16-5-7-20(24)22(26)10-16/h1-12H,13-14H2/b27-11+,28-12+. The second-order valence-corrected chi connectivity index (χ2v) is 7.81. The zero-order chi connectivity index (χ0) is 21.3. The number of nitrogens with zero attached hydrogens (tertiary/aromatic N) is 2. The third-order valence-corrected chi connectivity index (χ3v) is 5.37. The second kappa shape index (κ2) is 11.2. The number of benzene rings is 3. The van der Waals surface area contributed by atoms with E-state index >= 15 is 0 Å². The lowest BCUT2D eigenvalue weighted by Gasteiger charge is -2.04. The third-order valence-electron chi connectivity index (χ3n) is 3.89. The molecular formula is C22H16Cl4N2O2. The molecule has 0 radical (unpaired) electrons. The molecule has 0 fully saturated rings. The van der Waals surface area contributed by atoms with Gasteiger partial charge in [0, 0.05) is 0 Å². The first-order valence-corrected chi connectivity index (χ1v) is 10.3. The molecule has 0 N–H and O–H groups in total. The summed E-state index contributed by atoms with van der Waals surface area (Å²) in [5, 5.41) is 9.84. The van der Waals surface area contributed by atoms with E-state index in [2.05, 4.69) is 10.3 Å². The molecule has 0 spiro atoms. The van der Waals surface area contributed by atoms with Crippen LogP contribution in [0.15, 0.2) is 71.0 Å². The molecule has 3 aromatic rings. The van der Waals surface area contributed by atoms with Gasteiger partial charge >= 0.3 is 0 Å². The predicted octanol–water partition coefficient (Wildman–Crippen LogP) is 7.40. The van der Waals surface area contributed by atoms with E-state index in [9.17, 15) is 0 Å². The van der Waals surface area contributed by atoms with Crippen LogP contribution in [-0.2, 0) is 22.9 Å². The summed E-state index contributed by atoms with van der Waals surface area (Å²) in [5.74, 6) is 0. The molecule has 0 aliphatic heterocycles. The Morgan fingerprint density at radius 1 is 0.600 bits per heavy atom. The van der Waals surface area contributed by atoms with Crippen LogP contribution in [0.2, 0.25) is 20.1 Å². The van der Waals surface area contributed by atoms with Gasteiger partial charge < -0.3 is 9.68 Å². The summed E-state index contributed by atoms with van der Waals surface area (Å²) in [4.78, 5) is 10.7. The van der Waals surface area contributed by atoms with Gasteiger partial charge in [0.2, 0.25) is 0 Å². The maximum absolute atomic E-state index is 5.97. The number of hydrogen-bond acceptors (Lipinski definition) is 4. The maximum atomic E-state index is 5.97. The minimum atomic E-state index is 0.318. The van der Waals surface area contributed by atoms with Crippen molar-refractivity contribution in [2.45, 2.75) is 13.2 Å². The minimum absolute atomic E-state index is 0.318. The highest BCUT2D eigenvalue weighted by molar-refractivity contribution is 6.42. The molecule has 4 nitrogen and oxygen atoms in total. The van der Waals surface area contributed by atoms with Crippen molar-refractivity contribution in [2.75, 3.05) is 0 Å². The van der Waals surface area contributed by atoms with Gasteiger partial charge in [-0.3, -0.25) is 0 Å². The van der Waals surface area contributed by atoms with Gasteiger partial charge in [-0.05, 0) is 52.6 Å². The molecular weight excluding hydrogens is 466 g/mol. The van der Waals surface area contributed by atoms with Crippen molar-refractivity contribution in [2.24, 2.45) is 10.3 Å². The van der Waals surface area contributed by atoms with Crippen molar-refractivity contribution in [3.05, 3.63) is 103 Å². The molecule has 3 aromatic carbocycles. The van der Waals surface area contributed by atoms with Gasteiger partial charge in [-0.1, -0.05) is 87.0 Å². The molecule has 0 amide bonds. The molecule has 0 aromatic heterocycles. The van der Waals surface area contributed by atoms with Gasteiger partial charge in [0.05, 0.1) is 32.5 Å². The maximum Gasteiger partial charge on any atom is 0.142 e. The highest BCUT2D eigenvalue weighted by Crippen LogP contribution is 2.22. The van der Waals surface area contributed by atoms with E-state index in [1.807, 2.05) is 24.3 Å². The third kappa shape index (κ3) is 6.92. The van der Waals surface area contributed by atoms with Crippen molar-refractivity contribution in [1.29, 1.82) is 0 Å². The first-order valence-electron chi connectivity index (χ1n) is 8.80. The number of hydrogen-bond donors (Lipinski definition) is 0. The van der Waals surface area contributed by atoms with Crippen LogP contribution >= 0.6 is 46.4 Å². The fourth-order valence-corrected chi connectivity index (χ4v) is 3.03. The Labute approximate surface area is 194 Å². The Morgan fingerprint density at radius 3 is 1.50 bits per heavy atom. The predicted molar refractivity (Wildman–Crippen MR) is 124 cm³/mol. The number of halogens is 4. The van der Waals surface area contributed by atoms with E-state index in [1.165, 1.54) is 0 Å². The quantitative estimate of drug-likeness (QED) is 0.248. The van der Waals surface area contributed by atoms with Crippen LogP contribution in [0.25, 0.3) is 0 Å². The Morgan fingerprint density at radius 2 is 1.07 bits per heavy atom. The van der Waals surface area contributed by atoms with Gasteiger partial charge in [-0.15, -0.1) is 0 Å². The topological polar surface area (TPSA) is 43.2 Å². The average molecular weight is 482 g/mol. The summed E-state index contributed by atoms with van der Waals surface area (Å²) in [7, 11) is 0. The normalized spacial score (nSPS) is 11.3. The summed E-state index contributed by atoms with van der Waals surface area (Å²) < 4.78 is 0. The summed E-state index contributed by atoms with van der Waals surface area (Å²) in [5.41, 5.74) is 3.50. The molecule has 0 aliphatic carbocycles. The fraction of sp³-hybridized carbons (Fsp3) is 0.0909. The first-order chi connectivity index (χ1) is 14.5. The Bertz CT molecular complexity index is 990. The van der Waals surface area contributed by atoms with Crippen LogP contribution in [0.4, 0.5) is 0 Å². The molecule has 0 atom stereocenters. The highest BCUT2D eigenvalue weighted by atomic mass is 35.5. The first kappa shape index (κ1) is 22.4. The summed E-state index contributed by atoms with van der Waals surface area (Å²) in [6.07, 6.45) is 3.15. The molecule has 0 saturated heterocycles. The highest BCUT2D eigenvalue weighted by Gasteiger charge is 2.00. The lowest BCUT2D eigenvalue weighted by atomic mass is 10.1. The van der Waals surface area contributed by atoms with Crippen LogP contribution in [0.1, 0.15) is 22.3 Å². The van der Waals surface area contributed by atoms with E-state index < -0.39 is 0 Å². The molecule has 8 heteroatoms. The van der Waals surface area contributed by atoms with Gasteiger partial charge in [0.15, 0.2) is 0 Å². The van der Waals surface area contributed by atoms with Crippen LogP contribution in [0.5, 0.6) is 0 Å². The smallest absolute Gasteiger partial charge is 0.142 e. The van der Waals surface area contributed by atoms with E-state index in [0.29, 0.717) is 33.3 Å². The molecule has 0 saturated carbocycles. The zero-order valence-electron chi connectivity index (χ0n) is 15.6. The molecule has 0 heterocycles. The monoisotopic (exact) mass is 480 g/mol. The zero-order valence-corrected chi connectivity index (χ0v) is 18.6. The van der Waals surface area contributed by atoms with Gasteiger partial charge in [0.1, 0.15) is 13.2 Å². The molecule has 30 heavy (non-hydrogen) atoms. The lowest BCUT2D eigenvalue weighted by Crippen LogP contribution is -1.93. The molecule has 154 valence electrons. The van der Waals surface area contributed by atoms with Crippen LogP contribution < -0.4 is 0 Å². The Hall–Kier alpha value is -2.24. The van der Waals surface area contributed by atoms with E-state index in [4.69, 9.17) is 56.1 Å². The minimum Gasteiger partial charge on any atom is -0.391 e. The van der Waals surface area contributed by atoms with Crippen molar-refractivity contribution in [1.82, 2.24) is 0 Å². The van der Waals surface area contributed by atoms with Crippen molar-refractivity contribution < 1.29 is 9.68 Å². The number of rotatable bonds is 8. The van der Waals surface area contributed by atoms with Gasteiger partial charge in [-0.25, -0.2) is 0 Å². The number of oxime groups is 2. The largest absolute Gasteiger partial charge is 0.391 e. The van der Waals surface area contributed by atoms with Crippen LogP contribution in [0, 0.1) is 0 Å². The van der Waals surface area contributed by atoms with Crippen LogP contribution in [-0.4, -0.2) is 12.4 Å². The Balaban J connectivity index is 1.48. The molecule has 0 aliphatic rings. The second-order valence-electron chi connectivity index (χ2n) is 6.18. The summed E-state index contributed by atoms with van der Waals surface area (Å²) in [6, 6.07) is 18.2. The van der Waals surface area contributed by atoms with Crippen LogP contribution in [0.3, 0.4) is 0 Å². The van der Waals surface area contributed by atoms with Gasteiger partial charge in [-0.2, -0.15) is 0 Å². The van der Waals surface area contributed by atoms with Gasteiger partial charge in [0.25, 0.3) is 0 Å².